The van der Waals surface area contributed by atoms with Gasteiger partial charge in [0.25, 0.3) is 5.91 Å². The van der Waals surface area contributed by atoms with E-state index in [-0.39, 0.29) is 17.5 Å². The summed E-state index contributed by atoms with van der Waals surface area (Å²) in [7, 11) is 3.91. The van der Waals surface area contributed by atoms with Gasteiger partial charge in [-0.25, -0.2) is 9.37 Å². The molecule has 3 aromatic carbocycles. The van der Waals surface area contributed by atoms with Crippen LogP contribution in [0.5, 0.6) is 0 Å². The number of likely N-dealkylation sites (N-methyl/N-ethyl adjacent to an activating group) is 1. The van der Waals surface area contributed by atoms with Gasteiger partial charge in [-0.1, -0.05) is 54.6 Å². The van der Waals surface area contributed by atoms with Crippen molar-refractivity contribution in [2.24, 2.45) is 0 Å². The van der Waals surface area contributed by atoms with Crippen LogP contribution in [0.25, 0.3) is 33.4 Å². The molecule has 0 fully saturated rings. The average Bonchev–Trinajstić information content (AvgIpc) is 2.85. The quantitative estimate of drug-likeness (QED) is 0.408. The molecule has 3 N–H and O–H groups in total. The Balaban J connectivity index is 1.63. The van der Waals surface area contributed by atoms with Gasteiger partial charge < -0.3 is 16.0 Å². The monoisotopic (exact) mass is 454 g/mol. The van der Waals surface area contributed by atoms with Crippen molar-refractivity contribution in [3.8, 4) is 33.4 Å². The van der Waals surface area contributed by atoms with E-state index in [4.69, 9.17) is 5.73 Å². The first kappa shape index (κ1) is 23.1. The Morgan fingerprint density at radius 2 is 1.62 bits per heavy atom. The van der Waals surface area contributed by atoms with Gasteiger partial charge in [0.1, 0.15) is 11.6 Å². The second-order valence-corrected chi connectivity index (χ2v) is 8.36. The maximum absolute atomic E-state index is 15.1. The normalized spacial score (nSPS) is 10.9. The fourth-order valence-corrected chi connectivity index (χ4v) is 3.73. The van der Waals surface area contributed by atoms with Gasteiger partial charge >= 0.3 is 0 Å². The van der Waals surface area contributed by atoms with E-state index in [1.54, 1.807) is 24.4 Å². The lowest BCUT2D eigenvalue weighted by molar-refractivity contribution is 0.0951. The van der Waals surface area contributed by atoms with Crippen LogP contribution in [0.1, 0.15) is 10.4 Å². The molecule has 1 amide bonds. The highest BCUT2D eigenvalue weighted by atomic mass is 19.1. The molecule has 0 saturated carbocycles. The van der Waals surface area contributed by atoms with Crippen LogP contribution >= 0.6 is 0 Å². The Hall–Kier alpha value is -4.03. The van der Waals surface area contributed by atoms with Crippen LogP contribution in [-0.2, 0) is 0 Å². The van der Waals surface area contributed by atoms with Gasteiger partial charge in [-0.2, -0.15) is 0 Å². The van der Waals surface area contributed by atoms with E-state index in [0.29, 0.717) is 23.2 Å². The molecule has 6 heteroatoms. The van der Waals surface area contributed by atoms with Crippen molar-refractivity contribution >= 4 is 11.7 Å². The van der Waals surface area contributed by atoms with Crippen molar-refractivity contribution in [3.05, 3.63) is 96.4 Å². The number of rotatable bonds is 7. The number of hydrogen-bond acceptors (Lipinski definition) is 4. The molecule has 0 unspecified atom stereocenters. The minimum Gasteiger partial charge on any atom is -0.383 e. The maximum atomic E-state index is 15.1. The van der Waals surface area contributed by atoms with Crippen molar-refractivity contribution < 1.29 is 9.18 Å². The fraction of sp³-hybridized carbons (Fsp3) is 0.143. The van der Waals surface area contributed by atoms with E-state index in [9.17, 15) is 4.79 Å². The number of anilines is 1. The van der Waals surface area contributed by atoms with Crippen LogP contribution < -0.4 is 11.1 Å². The van der Waals surface area contributed by atoms with Crippen molar-refractivity contribution in [1.82, 2.24) is 15.2 Å². The molecule has 0 aliphatic heterocycles. The Bertz CT molecular complexity index is 1310. The van der Waals surface area contributed by atoms with Gasteiger partial charge in [0, 0.05) is 41.5 Å². The molecule has 4 aromatic rings. The Labute approximate surface area is 199 Å². The number of carbonyl (C=O) groups is 1. The van der Waals surface area contributed by atoms with Gasteiger partial charge in [0.05, 0.1) is 0 Å². The molecule has 4 rings (SSSR count). The summed E-state index contributed by atoms with van der Waals surface area (Å²) in [6.07, 6.45) is 1.64. The molecule has 34 heavy (non-hydrogen) atoms. The summed E-state index contributed by atoms with van der Waals surface area (Å²) in [6, 6.07) is 23.8. The Morgan fingerprint density at radius 1 is 0.882 bits per heavy atom. The number of benzene rings is 3. The number of amides is 1. The average molecular weight is 455 g/mol. The number of nitrogen functional groups attached to an aromatic ring is 1. The number of hydrogen-bond donors (Lipinski definition) is 2. The SMILES string of the molecule is CN(C)CCNC(=O)c1cccc(-c2cnc(N)c(-c3ccc(-c4ccccc4)cc3F)c2)c1. The van der Waals surface area contributed by atoms with Gasteiger partial charge in [-0.3, -0.25) is 4.79 Å². The summed E-state index contributed by atoms with van der Waals surface area (Å²) >= 11 is 0. The first-order valence-corrected chi connectivity index (χ1v) is 11.1. The maximum Gasteiger partial charge on any atom is 0.251 e. The lowest BCUT2D eigenvalue weighted by Crippen LogP contribution is -2.31. The van der Waals surface area contributed by atoms with Crippen LogP contribution in [0.2, 0.25) is 0 Å². The minimum absolute atomic E-state index is 0.144. The van der Waals surface area contributed by atoms with Crippen LogP contribution in [-0.4, -0.2) is 43.0 Å². The predicted molar refractivity (Wildman–Crippen MR) is 136 cm³/mol. The highest BCUT2D eigenvalue weighted by molar-refractivity contribution is 5.95. The highest BCUT2D eigenvalue weighted by Gasteiger charge is 2.14. The number of nitrogens with zero attached hydrogens (tertiary/aromatic N) is 2. The standard InChI is InChI=1S/C28H27FN4O/c1-33(2)14-13-31-28(34)22-10-6-9-20(15-22)23-16-25(27(30)32-18-23)24-12-11-21(17-26(24)29)19-7-4-3-5-8-19/h3-12,15-18H,13-14H2,1-2H3,(H2,30,32)(H,31,34). The number of nitrogens with two attached hydrogens (primary N) is 1. The van der Waals surface area contributed by atoms with Gasteiger partial charge in [-0.15, -0.1) is 0 Å². The molecule has 1 heterocycles. The third-order valence-electron chi connectivity index (χ3n) is 5.59. The van der Waals surface area contributed by atoms with Crippen LogP contribution in [0.4, 0.5) is 10.2 Å². The van der Waals surface area contributed by atoms with Crippen molar-refractivity contribution in [1.29, 1.82) is 0 Å². The van der Waals surface area contributed by atoms with Gasteiger partial charge in [0.2, 0.25) is 0 Å². The summed E-state index contributed by atoms with van der Waals surface area (Å²) in [6.45, 7) is 1.31. The van der Waals surface area contributed by atoms with Crippen LogP contribution in [0.3, 0.4) is 0 Å². The fourth-order valence-electron chi connectivity index (χ4n) is 3.73. The lowest BCUT2D eigenvalue weighted by atomic mass is 9.97. The van der Waals surface area contributed by atoms with E-state index >= 15 is 4.39 Å². The second-order valence-electron chi connectivity index (χ2n) is 8.36. The summed E-state index contributed by atoms with van der Waals surface area (Å²) in [5.74, 6) is -0.274. The lowest BCUT2D eigenvalue weighted by Gasteiger charge is -2.12. The van der Waals surface area contributed by atoms with Crippen molar-refractivity contribution in [2.45, 2.75) is 0 Å². The molecule has 0 atom stereocenters. The summed E-state index contributed by atoms with van der Waals surface area (Å²) in [4.78, 5) is 18.8. The smallest absolute Gasteiger partial charge is 0.251 e. The number of aromatic nitrogens is 1. The molecule has 0 saturated heterocycles. The van der Waals surface area contributed by atoms with E-state index in [1.165, 1.54) is 6.07 Å². The first-order valence-electron chi connectivity index (χ1n) is 11.1. The molecule has 0 aliphatic carbocycles. The molecule has 1 aromatic heterocycles. The van der Waals surface area contributed by atoms with Crippen molar-refractivity contribution in [2.75, 3.05) is 32.9 Å². The summed E-state index contributed by atoms with van der Waals surface area (Å²) < 4.78 is 15.1. The number of halogens is 1. The van der Waals surface area contributed by atoms with Crippen LogP contribution in [0, 0.1) is 5.82 Å². The first-order chi connectivity index (χ1) is 16.4. The topological polar surface area (TPSA) is 71.2 Å². The van der Waals surface area contributed by atoms with Crippen LogP contribution in [0.15, 0.2) is 85.1 Å². The largest absolute Gasteiger partial charge is 0.383 e. The molecule has 0 bridgehead atoms. The Kier molecular flexibility index (Phi) is 6.99. The summed E-state index contributed by atoms with van der Waals surface area (Å²) in [5.41, 5.74) is 10.8. The third-order valence-corrected chi connectivity index (χ3v) is 5.59. The zero-order chi connectivity index (χ0) is 24.1. The van der Waals surface area contributed by atoms with Gasteiger partial charge in [0.15, 0.2) is 0 Å². The highest BCUT2D eigenvalue weighted by Crippen LogP contribution is 2.33. The molecule has 5 nitrogen and oxygen atoms in total. The molecular weight excluding hydrogens is 427 g/mol. The number of nitrogens with one attached hydrogen (secondary N) is 1. The Morgan fingerprint density at radius 3 is 2.35 bits per heavy atom. The molecule has 0 aliphatic rings. The molecule has 172 valence electrons. The third kappa shape index (κ3) is 5.30. The molecule has 0 spiro atoms. The van der Waals surface area contributed by atoms with E-state index in [0.717, 1.165) is 28.8 Å². The minimum atomic E-state index is -0.374. The van der Waals surface area contributed by atoms with E-state index in [1.807, 2.05) is 73.6 Å². The second kappa shape index (κ2) is 10.3. The summed E-state index contributed by atoms with van der Waals surface area (Å²) in [5, 5.41) is 2.92. The molecular formula is C28H27FN4O. The van der Waals surface area contributed by atoms with E-state index in [2.05, 4.69) is 10.3 Å². The van der Waals surface area contributed by atoms with Gasteiger partial charge in [-0.05, 0) is 55.1 Å². The zero-order valence-electron chi connectivity index (χ0n) is 19.3. The van der Waals surface area contributed by atoms with Crippen molar-refractivity contribution in [3.63, 3.8) is 0 Å². The predicted octanol–water partition coefficient (Wildman–Crippen LogP) is 5.10. The van der Waals surface area contributed by atoms with E-state index < -0.39 is 0 Å². The molecule has 0 radical (unpaired) electrons. The zero-order valence-corrected chi connectivity index (χ0v) is 19.3. The number of carbonyl (C=O) groups excluding carboxylic acids is 1. The number of pyridine rings is 1.